The van der Waals surface area contributed by atoms with Crippen molar-refractivity contribution in [2.75, 3.05) is 20.3 Å². The average molecular weight is 230 g/mol. The van der Waals surface area contributed by atoms with E-state index in [1.165, 1.54) is 0 Å². The van der Waals surface area contributed by atoms with E-state index in [4.69, 9.17) is 26.8 Å². The predicted molar refractivity (Wildman–Crippen MR) is 61.9 cm³/mol. The molecule has 0 spiro atoms. The Morgan fingerprint density at radius 2 is 2.13 bits per heavy atom. The molecule has 2 N–H and O–H groups in total. The number of hydrogen-bond acceptors (Lipinski definition) is 3. The summed E-state index contributed by atoms with van der Waals surface area (Å²) in [4.78, 5) is 0. The summed E-state index contributed by atoms with van der Waals surface area (Å²) < 4.78 is 10.8. The number of halogens is 1. The van der Waals surface area contributed by atoms with E-state index in [0.717, 1.165) is 17.7 Å². The number of methoxy groups -OCH3 is 1. The van der Waals surface area contributed by atoms with Crippen LogP contribution in [-0.4, -0.2) is 20.3 Å². The monoisotopic (exact) mass is 229 g/mol. The SMILES string of the molecule is COc1c(C)cc(Cl)cc1OCCCN. The van der Waals surface area contributed by atoms with Crippen molar-refractivity contribution < 1.29 is 9.47 Å². The van der Waals surface area contributed by atoms with Crippen molar-refractivity contribution in [3.8, 4) is 11.5 Å². The van der Waals surface area contributed by atoms with Crippen LogP contribution in [0.5, 0.6) is 11.5 Å². The van der Waals surface area contributed by atoms with Gasteiger partial charge in [0.05, 0.1) is 13.7 Å². The van der Waals surface area contributed by atoms with Crippen molar-refractivity contribution in [1.82, 2.24) is 0 Å². The molecule has 0 atom stereocenters. The van der Waals surface area contributed by atoms with Gasteiger partial charge in [0.1, 0.15) is 0 Å². The lowest BCUT2D eigenvalue weighted by atomic mass is 10.2. The van der Waals surface area contributed by atoms with E-state index in [9.17, 15) is 0 Å². The second-order valence-electron chi connectivity index (χ2n) is 3.24. The number of hydrogen-bond donors (Lipinski definition) is 1. The Morgan fingerprint density at radius 1 is 1.40 bits per heavy atom. The molecule has 1 aromatic rings. The van der Waals surface area contributed by atoms with Crippen LogP contribution in [0, 0.1) is 6.92 Å². The van der Waals surface area contributed by atoms with E-state index in [0.29, 0.717) is 23.9 Å². The summed E-state index contributed by atoms with van der Waals surface area (Å²) in [6, 6.07) is 3.60. The highest BCUT2D eigenvalue weighted by Gasteiger charge is 2.08. The summed E-state index contributed by atoms with van der Waals surface area (Å²) >= 11 is 5.93. The maximum absolute atomic E-state index is 5.93. The van der Waals surface area contributed by atoms with Crippen LogP contribution in [0.15, 0.2) is 12.1 Å². The van der Waals surface area contributed by atoms with Gasteiger partial charge in [-0.2, -0.15) is 0 Å². The minimum atomic E-state index is 0.576. The standard InChI is InChI=1S/C11H16ClNO2/c1-8-6-9(12)7-10(11(8)14-2)15-5-3-4-13/h6-7H,3-5,13H2,1-2H3. The molecule has 0 aromatic heterocycles. The van der Waals surface area contributed by atoms with Crippen molar-refractivity contribution in [3.05, 3.63) is 22.7 Å². The van der Waals surface area contributed by atoms with Gasteiger partial charge in [0.25, 0.3) is 0 Å². The van der Waals surface area contributed by atoms with Crippen LogP contribution >= 0.6 is 11.6 Å². The number of ether oxygens (including phenoxy) is 2. The highest BCUT2D eigenvalue weighted by atomic mass is 35.5. The lowest BCUT2D eigenvalue weighted by Crippen LogP contribution is -2.07. The van der Waals surface area contributed by atoms with Gasteiger partial charge < -0.3 is 15.2 Å². The lowest BCUT2D eigenvalue weighted by molar-refractivity contribution is 0.290. The highest BCUT2D eigenvalue weighted by molar-refractivity contribution is 6.30. The fourth-order valence-electron chi connectivity index (χ4n) is 1.33. The second kappa shape index (κ2) is 5.83. The normalized spacial score (nSPS) is 10.1. The second-order valence-corrected chi connectivity index (χ2v) is 3.68. The molecule has 0 heterocycles. The Labute approximate surface area is 95.1 Å². The number of nitrogens with two attached hydrogens (primary N) is 1. The Morgan fingerprint density at radius 3 is 2.73 bits per heavy atom. The molecule has 15 heavy (non-hydrogen) atoms. The van der Waals surface area contributed by atoms with Gasteiger partial charge in [0, 0.05) is 11.1 Å². The van der Waals surface area contributed by atoms with Crippen LogP contribution in [0.25, 0.3) is 0 Å². The van der Waals surface area contributed by atoms with Gasteiger partial charge in [-0.05, 0) is 31.5 Å². The van der Waals surface area contributed by atoms with E-state index < -0.39 is 0 Å². The smallest absolute Gasteiger partial charge is 0.163 e. The molecule has 0 fully saturated rings. The molecule has 1 rings (SSSR count). The molecule has 0 unspecified atom stereocenters. The predicted octanol–water partition coefficient (Wildman–Crippen LogP) is 2.38. The molecule has 84 valence electrons. The fraction of sp³-hybridized carbons (Fsp3) is 0.455. The van der Waals surface area contributed by atoms with Gasteiger partial charge >= 0.3 is 0 Å². The third kappa shape index (κ3) is 3.29. The van der Waals surface area contributed by atoms with E-state index >= 15 is 0 Å². The van der Waals surface area contributed by atoms with Crippen molar-refractivity contribution in [2.24, 2.45) is 5.73 Å². The van der Waals surface area contributed by atoms with E-state index in [2.05, 4.69) is 0 Å². The maximum Gasteiger partial charge on any atom is 0.163 e. The topological polar surface area (TPSA) is 44.5 Å². The molecular formula is C11H16ClNO2. The quantitative estimate of drug-likeness (QED) is 0.789. The Kier molecular flexibility index (Phi) is 4.72. The first-order chi connectivity index (χ1) is 7.19. The Balaban J connectivity index is 2.84. The van der Waals surface area contributed by atoms with Crippen LogP contribution < -0.4 is 15.2 Å². The van der Waals surface area contributed by atoms with Crippen LogP contribution in [0.4, 0.5) is 0 Å². The van der Waals surface area contributed by atoms with Gasteiger partial charge in [-0.1, -0.05) is 11.6 Å². The summed E-state index contributed by atoms with van der Waals surface area (Å²) in [6.45, 7) is 3.12. The molecule has 0 amide bonds. The Hall–Kier alpha value is -0.930. The van der Waals surface area contributed by atoms with Crippen molar-refractivity contribution in [1.29, 1.82) is 0 Å². The number of aryl methyl sites for hydroxylation is 1. The van der Waals surface area contributed by atoms with E-state index in [1.54, 1.807) is 13.2 Å². The third-order valence-corrected chi connectivity index (χ3v) is 2.23. The molecule has 4 heteroatoms. The van der Waals surface area contributed by atoms with Gasteiger partial charge in [0.2, 0.25) is 0 Å². The highest BCUT2D eigenvalue weighted by Crippen LogP contribution is 2.34. The fourth-order valence-corrected chi connectivity index (χ4v) is 1.60. The average Bonchev–Trinajstić information content (AvgIpc) is 2.17. The van der Waals surface area contributed by atoms with Crippen LogP contribution in [0.2, 0.25) is 5.02 Å². The van der Waals surface area contributed by atoms with E-state index in [-0.39, 0.29) is 0 Å². The molecule has 0 saturated heterocycles. The molecule has 0 bridgehead atoms. The van der Waals surface area contributed by atoms with Gasteiger partial charge in [-0.25, -0.2) is 0 Å². The zero-order valence-corrected chi connectivity index (χ0v) is 9.80. The first-order valence-electron chi connectivity index (χ1n) is 4.86. The number of rotatable bonds is 5. The zero-order valence-electron chi connectivity index (χ0n) is 9.05. The van der Waals surface area contributed by atoms with Crippen molar-refractivity contribution in [3.63, 3.8) is 0 Å². The van der Waals surface area contributed by atoms with Crippen LogP contribution in [0.1, 0.15) is 12.0 Å². The maximum atomic E-state index is 5.93. The lowest BCUT2D eigenvalue weighted by Gasteiger charge is -2.12. The van der Waals surface area contributed by atoms with Crippen molar-refractivity contribution in [2.45, 2.75) is 13.3 Å². The first-order valence-corrected chi connectivity index (χ1v) is 5.24. The molecule has 0 aliphatic heterocycles. The summed E-state index contributed by atoms with van der Waals surface area (Å²) in [5.41, 5.74) is 6.35. The van der Waals surface area contributed by atoms with E-state index in [1.807, 2.05) is 13.0 Å². The molecule has 0 aliphatic rings. The summed E-state index contributed by atoms with van der Waals surface area (Å²) in [5.74, 6) is 1.41. The zero-order chi connectivity index (χ0) is 11.3. The molecule has 0 radical (unpaired) electrons. The van der Waals surface area contributed by atoms with Crippen LogP contribution in [0.3, 0.4) is 0 Å². The van der Waals surface area contributed by atoms with Crippen LogP contribution in [-0.2, 0) is 0 Å². The van der Waals surface area contributed by atoms with Gasteiger partial charge in [0.15, 0.2) is 11.5 Å². The number of benzene rings is 1. The van der Waals surface area contributed by atoms with Crippen molar-refractivity contribution >= 4 is 11.6 Å². The summed E-state index contributed by atoms with van der Waals surface area (Å²) in [6.07, 6.45) is 0.814. The minimum absolute atomic E-state index is 0.576. The molecule has 0 aliphatic carbocycles. The first kappa shape index (κ1) is 12.1. The molecule has 0 saturated carbocycles. The minimum Gasteiger partial charge on any atom is -0.493 e. The summed E-state index contributed by atoms with van der Waals surface area (Å²) in [5, 5.41) is 0.649. The Bertz CT molecular complexity index is 329. The van der Waals surface area contributed by atoms with Gasteiger partial charge in [-0.15, -0.1) is 0 Å². The van der Waals surface area contributed by atoms with Gasteiger partial charge in [-0.3, -0.25) is 0 Å². The molecular weight excluding hydrogens is 214 g/mol. The molecule has 1 aromatic carbocycles. The largest absolute Gasteiger partial charge is 0.493 e. The summed E-state index contributed by atoms with van der Waals surface area (Å²) in [7, 11) is 1.62. The third-order valence-electron chi connectivity index (χ3n) is 2.02. The molecule has 3 nitrogen and oxygen atoms in total.